The van der Waals surface area contributed by atoms with Crippen molar-refractivity contribution in [1.29, 1.82) is 0 Å². The van der Waals surface area contributed by atoms with Crippen LogP contribution in [0.3, 0.4) is 0 Å². The van der Waals surface area contributed by atoms with Gasteiger partial charge in [0.25, 0.3) is 0 Å². The van der Waals surface area contributed by atoms with Crippen LogP contribution in [0.4, 0.5) is 0 Å². The number of allylic oxidation sites excluding steroid dienone is 1. The Balaban J connectivity index is 2.31. The van der Waals surface area contributed by atoms with E-state index in [1.165, 1.54) is 103 Å². The van der Waals surface area contributed by atoms with E-state index >= 15 is 0 Å². The minimum absolute atomic E-state index is 0.626. The minimum atomic E-state index is 0.626. The monoisotopic (exact) mass is 765 g/mol. The van der Waals surface area contributed by atoms with Gasteiger partial charge in [0.2, 0.25) is 0 Å². The fourth-order valence-corrected chi connectivity index (χ4v) is 6.58. The highest BCUT2D eigenvalue weighted by Crippen LogP contribution is 2.31. The van der Waals surface area contributed by atoms with Crippen LogP contribution >= 0.6 is 0 Å². The first-order valence-corrected chi connectivity index (χ1v) is 22.6. The van der Waals surface area contributed by atoms with E-state index in [2.05, 4.69) is 51.4 Å². The maximum atomic E-state index is 6.35. The molecule has 0 saturated heterocycles. The lowest BCUT2D eigenvalue weighted by Gasteiger charge is -2.14. The molecule has 2 aromatic rings. The summed E-state index contributed by atoms with van der Waals surface area (Å²) in [4.78, 5) is 0. The third-order valence-electron chi connectivity index (χ3n) is 10.1. The molecular weight excluding hydrogens is 689 g/mol. The Kier molecular flexibility index (Phi) is 28.6. The van der Waals surface area contributed by atoms with Crippen molar-refractivity contribution in [3.05, 3.63) is 52.6 Å². The molecule has 0 aromatic heterocycles. The third-order valence-corrected chi connectivity index (χ3v) is 10.1. The van der Waals surface area contributed by atoms with Crippen LogP contribution in [-0.2, 0) is 0 Å². The maximum absolute atomic E-state index is 6.35. The van der Waals surface area contributed by atoms with Crippen LogP contribution in [0.25, 0.3) is 6.08 Å². The first-order valence-electron chi connectivity index (χ1n) is 22.6. The zero-order valence-electron chi connectivity index (χ0n) is 36.1. The number of ether oxygens (including phenoxy) is 4. The number of terminal acetylenes is 2. The largest absolute Gasteiger partial charge is 0.493 e. The predicted molar refractivity (Wildman–Crippen MR) is 240 cm³/mol. The Morgan fingerprint density at radius 3 is 1.14 bits per heavy atom. The molecular formula is C52H76O4. The molecule has 0 fully saturated rings. The van der Waals surface area contributed by atoms with Gasteiger partial charge < -0.3 is 18.9 Å². The zero-order chi connectivity index (χ0) is 40.3. The van der Waals surface area contributed by atoms with Crippen molar-refractivity contribution >= 4 is 6.08 Å². The van der Waals surface area contributed by atoms with Gasteiger partial charge >= 0.3 is 0 Å². The van der Waals surface area contributed by atoms with Crippen LogP contribution < -0.4 is 18.9 Å². The fourth-order valence-electron chi connectivity index (χ4n) is 6.58. The van der Waals surface area contributed by atoms with Gasteiger partial charge in [-0.05, 0) is 43.9 Å². The lowest BCUT2D eigenvalue weighted by atomic mass is 10.1. The van der Waals surface area contributed by atoms with Gasteiger partial charge in [-0.2, -0.15) is 0 Å². The second kappa shape index (κ2) is 33.2. The quantitative estimate of drug-likeness (QED) is 0.0536. The molecule has 0 unspecified atom stereocenters. The van der Waals surface area contributed by atoms with Crippen LogP contribution in [0, 0.1) is 36.5 Å². The minimum Gasteiger partial charge on any atom is -0.493 e. The van der Waals surface area contributed by atoms with Crippen LogP contribution in [-0.4, -0.2) is 26.4 Å². The molecule has 0 atom stereocenters. The number of unbranched alkanes of at least 4 members (excludes halogenated alkanes) is 20. The Morgan fingerprint density at radius 2 is 0.732 bits per heavy atom. The smallest absolute Gasteiger partial charge is 0.136 e. The molecule has 0 aliphatic rings. The van der Waals surface area contributed by atoms with E-state index in [9.17, 15) is 0 Å². The van der Waals surface area contributed by atoms with Crippen molar-refractivity contribution in [2.24, 2.45) is 0 Å². The third kappa shape index (κ3) is 21.4. The zero-order valence-corrected chi connectivity index (χ0v) is 36.1. The molecule has 56 heavy (non-hydrogen) atoms. The molecule has 0 bridgehead atoms. The summed E-state index contributed by atoms with van der Waals surface area (Å²) in [5.41, 5.74) is 3.07. The van der Waals surface area contributed by atoms with Crippen LogP contribution in [0.2, 0.25) is 0 Å². The van der Waals surface area contributed by atoms with Crippen molar-refractivity contribution in [2.75, 3.05) is 26.4 Å². The summed E-state index contributed by atoms with van der Waals surface area (Å²) in [6, 6.07) is 7.82. The second-order valence-corrected chi connectivity index (χ2v) is 15.1. The number of benzene rings is 2. The molecule has 0 heterocycles. The van der Waals surface area contributed by atoms with Gasteiger partial charge in [-0.1, -0.05) is 180 Å². The first-order chi connectivity index (χ1) is 27.6. The molecule has 0 N–H and O–H groups in total. The van der Waals surface area contributed by atoms with E-state index in [4.69, 9.17) is 31.8 Å². The normalized spacial score (nSPS) is 10.8. The van der Waals surface area contributed by atoms with E-state index in [0.29, 0.717) is 54.8 Å². The number of hydrogen-bond donors (Lipinski definition) is 0. The van der Waals surface area contributed by atoms with E-state index in [-0.39, 0.29) is 0 Å². The van der Waals surface area contributed by atoms with Crippen molar-refractivity contribution in [3.63, 3.8) is 0 Å². The van der Waals surface area contributed by atoms with E-state index < -0.39 is 0 Å². The highest BCUT2D eigenvalue weighted by atomic mass is 16.5. The highest BCUT2D eigenvalue weighted by molar-refractivity contribution is 5.66. The van der Waals surface area contributed by atoms with Gasteiger partial charge in [0.15, 0.2) is 0 Å². The SMILES string of the molecule is C#Cc1cc(OCCCCCCCC)c(C#C/C=C/c2cc(OCCCCCCCC)c(C#C)cc2OCCCCCCCC)cc1OCCCCCCCC. The second-order valence-electron chi connectivity index (χ2n) is 15.1. The Bertz CT molecular complexity index is 1490. The van der Waals surface area contributed by atoms with Crippen LogP contribution in [0.1, 0.15) is 204 Å². The Morgan fingerprint density at radius 1 is 0.411 bits per heavy atom. The Labute approximate surface area is 344 Å². The molecule has 4 nitrogen and oxygen atoms in total. The van der Waals surface area contributed by atoms with Crippen LogP contribution in [0.5, 0.6) is 23.0 Å². The summed E-state index contributed by atoms with van der Waals surface area (Å²) >= 11 is 0. The number of rotatable bonds is 33. The van der Waals surface area contributed by atoms with Gasteiger partial charge in [0.1, 0.15) is 23.0 Å². The van der Waals surface area contributed by atoms with Gasteiger partial charge in [0.05, 0.1) is 43.1 Å². The fraction of sp³-hybridized carbons (Fsp3) is 0.615. The molecule has 0 radical (unpaired) electrons. The molecule has 0 saturated carbocycles. The highest BCUT2D eigenvalue weighted by Gasteiger charge is 2.12. The maximum Gasteiger partial charge on any atom is 0.136 e. The van der Waals surface area contributed by atoms with Crippen molar-refractivity contribution in [1.82, 2.24) is 0 Å². The van der Waals surface area contributed by atoms with Gasteiger partial charge in [-0.3, -0.25) is 0 Å². The molecule has 0 spiro atoms. The molecule has 0 aliphatic heterocycles. The number of hydrogen-bond acceptors (Lipinski definition) is 4. The van der Waals surface area contributed by atoms with Crippen molar-refractivity contribution < 1.29 is 18.9 Å². The summed E-state index contributed by atoms with van der Waals surface area (Å²) < 4.78 is 25.2. The van der Waals surface area contributed by atoms with Gasteiger partial charge in [-0.15, -0.1) is 12.8 Å². The summed E-state index contributed by atoms with van der Waals surface area (Å²) in [6.07, 6.45) is 44.6. The van der Waals surface area contributed by atoms with E-state index in [1.54, 1.807) is 0 Å². The van der Waals surface area contributed by atoms with Crippen molar-refractivity contribution in [2.45, 2.75) is 182 Å². The topological polar surface area (TPSA) is 36.9 Å². The molecule has 2 rings (SSSR count). The standard InChI is InChI=1S/C52H76O4/c1-7-13-17-21-25-31-37-53-49-43-47(51(41-45(49)11-5)55-39-33-27-23-19-15-9-3)35-29-30-36-48-44-50(54-38-32-26-22-18-14-8-2)46(12-6)42-52(48)56-40-34-28-24-20-16-10-4/h5-6,29,35,41-44H,7-10,13-28,31-34,37-40H2,1-4H3/b35-29+. The summed E-state index contributed by atoms with van der Waals surface area (Å²) in [7, 11) is 0. The van der Waals surface area contributed by atoms with Crippen LogP contribution in [0.15, 0.2) is 30.3 Å². The lowest BCUT2D eigenvalue weighted by molar-refractivity contribution is 0.295. The Hall–Kier alpha value is -3.94. The predicted octanol–water partition coefficient (Wildman–Crippen LogP) is 14.7. The van der Waals surface area contributed by atoms with Crippen molar-refractivity contribution in [3.8, 4) is 59.5 Å². The first kappa shape index (κ1) is 48.2. The molecule has 4 heteroatoms. The van der Waals surface area contributed by atoms with E-state index in [0.717, 1.165) is 68.2 Å². The summed E-state index contributed by atoms with van der Waals surface area (Å²) in [5, 5.41) is 0. The molecule has 0 amide bonds. The summed E-state index contributed by atoms with van der Waals surface area (Å²) in [6.45, 7) is 11.5. The molecule has 2 aromatic carbocycles. The van der Waals surface area contributed by atoms with Gasteiger partial charge in [0, 0.05) is 23.8 Å². The van der Waals surface area contributed by atoms with Gasteiger partial charge in [-0.25, -0.2) is 0 Å². The lowest BCUT2D eigenvalue weighted by Crippen LogP contribution is -2.03. The average Bonchev–Trinajstić information content (AvgIpc) is 3.21. The molecule has 308 valence electrons. The average molecular weight is 765 g/mol. The van der Waals surface area contributed by atoms with E-state index in [1.807, 2.05) is 36.4 Å². The summed E-state index contributed by atoms with van der Waals surface area (Å²) in [5.74, 6) is 15.1. The molecule has 0 aliphatic carbocycles.